The van der Waals surface area contributed by atoms with E-state index in [0.29, 0.717) is 6.42 Å². The second kappa shape index (κ2) is 8.92. The maximum absolute atomic E-state index is 11.1. The largest absolute Gasteiger partial charge is 0.346 e. The molecule has 1 aromatic rings. The Morgan fingerprint density at radius 2 is 1.83 bits per heavy atom. The molecule has 1 rings (SSSR count). The number of allylic oxidation sites excluding steroid dienone is 2. The molecule has 0 saturated heterocycles. The second-order valence-corrected chi connectivity index (χ2v) is 9.78. The number of hydrogen-bond acceptors (Lipinski definition) is 3. The summed E-state index contributed by atoms with van der Waals surface area (Å²) in [6.45, 7) is 4.00. The lowest BCUT2D eigenvalue weighted by Gasteiger charge is -2.14. The molecule has 0 spiro atoms. The summed E-state index contributed by atoms with van der Waals surface area (Å²) >= 11 is 0. The molecule has 0 bridgehead atoms. The fourth-order valence-electron chi connectivity index (χ4n) is 2.33. The monoisotopic (exact) mass is 376 g/mol. The van der Waals surface area contributed by atoms with Gasteiger partial charge in [-0.15, -0.1) is 0 Å². The van der Waals surface area contributed by atoms with Crippen LogP contribution < -0.4 is 0 Å². The molecular formula is C16H25O6PS. The van der Waals surface area contributed by atoms with Gasteiger partial charge >= 0.3 is 7.60 Å². The van der Waals surface area contributed by atoms with Gasteiger partial charge in [0.1, 0.15) is 0 Å². The van der Waals surface area contributed by atoms with Crippen LogP contribution in [0, 0.1) is 6.92 Å². The van der Waals surface area contributed by atoms with Crippen molar-refractivity contribution >= 4 is 17.7 Å². The van der Waals surface area contributed by atoms with Gasteiger partial charge in [0, 0.05) is 0 Å². The molecule has 0 saturated carbocycles. The summed E-state index contributed by atoms with van der Waals surface area (Å²) in [5.41, 5.74) is 3.58. The van der Waals surface area contributed by atoms with E-state index < -0.39 is 22.7 Å². The third kappa shape index (κ3) is 7.73. The quantitative estimate of drug-likeness (QED) is 0.263. The Morgan fingerprint density at radius 1 is 1.25 bits per heavy atom. The number of hydrogen-bond donors (Lipinski definition) is 3. The van der Waals surface area contributed by atoms with E-state index in [1.54, 1.807) is 0 Å². The van der Waals surface area contributed by atoms with Gasteiger partial charge in [-0.05, 0) is 51.5 Å². The van der Waals surface area contributed by atoms with Crippen molar-refractivity contribution in [3.63, 3.8) is 0 Å². The molecule has 0 amide bonds. The molecule has 0 heterocycles. The highest BCUT2D eigenvalue weighted by Crippen LogP contribution is 2.46. The lowest BCUT2D eigenvalue weighted by molar-refractivity contribution is 0.360. The molecule has 0 radical (unpaired) electrons. The first kappa shape index (κ1) is 21.1. The summed E-state index contributed by atoms with van der Waals surface area (Å²) in [6, 6.07) is 8.29. The molecule has 24 heavy (non-hydrogen) atoms. The molecule has 1 aromatic carbocycles. The predicted molar refractivity (Wildman–Crippen MR) is 94.5 cm³/mol. The fourth-order valence-corrected chi connectivity index (χ4v) is 4.70. The number of unbranched alkanes of at least 4 members (excludes halogenated alkanes) is 1. The van der Waals surface area contributed by atoms with Gasteiger partial charge in [0.2, 0.25) is 0 Å². The van der Waals surface area contributed by atoms with Crippen LogP contribution in [0.5, 0.6) is 0 Å². The first-order chi connectivity index (χ1) is 11.0. The second-order valence-electron chi connectivity index (χ2n) is 6.03. The summed E-state index contributed by atoms with van der Waals surface area (Å²) in [7, 11) is -9.63. The van der Waals surface area contributed by atoms with Crippen molar-refractivity contribution in [3.05, 3.63) is 47.0 Å². The van der Waals surface area contributed by atoms with Crippen LogP contribution in [0.15, 0.2) is 35.9 Å². The first-order valence-electron chi connectivity index (χ1n) is 7.73. The number of benzene rings is 1. The van der Waals surface area contributed by atoms with Crippen LogP contribution >= 0.6 is 7.60 Å². The van der Waals surface area contributed by atoms with Gasteiger partial charge in [0.05, 0.1) is 0 Å². The zero-order valence-corrected chi connectivity index (χ0v) is 15.6. The van der Waals surface area contributed by atoms with Gasteiger partial charge in [-0.3, -0.25) is 9.12 Å². The Bertz CT molecular complexity index is 703. The molecule has 0 aromatic heterocycles. The third-order valence-electron chi connectivity index (χ3n) is 3.80. The number of aryl methyl sites for hydroxylation is 2. The van der Waals surface area contributed by atoms with Crippen molar-refractivity contribution in [2.45, 2.75) is 50.9 Å². The van der Waals surface area contributed by atoms with E-state index in [-0.39, 0.29) is 12.8 Å². The van der Waals surface area contributed by atoms with Crippen LogP contribution in [0.25, 0.3) is 0 Å². The van der Waals surface area contributed by atoms with Crippen molar-refractivity contribution in [2.75, 3.05) is 0 Å². The molecular weight excluding hydrogens is 351 g/mol. The molecule has 1 atom stereocenters. The van der Waals surface area contributed by atoms with Gasteiger partial charge in [-0.2, -0.15) is 8.42 Å². The van der Waals surface area contributed by atoms with Crippen molar-refractivity contribution < 1.29 is 27.3 Å². The topological polar surface area (TPSA) is 112 Å². The van der Waals surface area contributed by atoms with E-state index >= 15 is 0 Å². The zero-order valence-electron chi connectivity index (χ0n) is 13.9. The van der Waals surface area contributed by atoms with Gasteiger partial charge < -0.3 is 9.79 Å². The highest BCUT2D eigenvalue weighted by atomic mass is 32.2. The maximum atomic E-state index is 11.1. The highest BCUT2D eigenvalue weighted by molar-refractivity contribution is 7.93. The third-order valence-corrected chi connectivity index (χ3v) is 7.35. The van der Waals surface area contributed by atoms with E-state index in [9.17, 15) is 13.0 Å². The molecule has 0 fully saturated rings. The summed E-state index contributed by atoms with van der Waals surface area (Å²) in [5, 5.41) is 0. The van der Waals surface area contributed by atoms with E-state index in [4.69, 9.17) is 14.3 Å². The van der Waals surface area contributed by atoms with E-state index in [1.165, 1.54) is 11.1 Å². The highest BCUT2D eigenvalue weighted by Gasteiger charge is 2.38. The van der Waals surface area contributed by atoms with Gasteiger partial charge in [-0.1, -0.05) is 41.5 Å². The van der Waals surface area contributed by atoms with Crippen molar-refractivity contribution in [3.8, 4) is 0 Å². The van der Waals surface area contributed by atoms with Gasteiger partial charge in [-0.25, -0.2) is 0 Å². The van der Waals surface area contributed by atoms with Crippen molar-refractivity contribution in [2.24, 2.45) is 0 Å². The Labute approximate surface area is 143 Å². The molecule has 0 aliphatic carbocycles. The fraction of sp³-hybridized carbons (Fsp3) is 0.500. The minimum atomic E-state index is -4.88. The van der Waals surface area contributed by atoms with E-state index in [1.807, 2.05) is 19.9 Å². The normalized spacial score (nSPS) is 14.6. The molecule has 0 aliphatic heterocycles. The molecule has 136 valence electrons. The van der Waals surface area contributed by atoms with Crippen LogP contribution in [0.3, 0.4) is 0 Å². The Morgan fingerprint density at radius 3 is 2.33 bits per heavy atom. The average Bonchev–Trinajstić information content (AvgIpc) is 2.43. The lowest BCUT2D eigenvalue weighted by atomic mass is 10.0. The summed E-state index contributed by atoms with van der Waals surface area (Å²) < 4.78 is 42.1. The van der Waals surface area contributed by atoms with Crippen LogP contribution in [0.1, 0.15) is 43.7 Å². The molecule has 3 N–H and O–H groups in total. The van der Waals surface area contributed by atoms with Crippen molar-refractivity contribution in [1.82, 2.24) is 0 Å². The minimum absolute atomic E-state index is 0.273. The Kier molecular flexibility index (Phi) is 7.83. The van der Waals surface area contributed by atoms with Crippen LogP contribution in [0.4, 0.5) is 0 Å². The maximum Gasteiger partial charge on any atom is 0.346 e. The minimum Gasteiger partial charge on any atom is -0.323 e. The molecule has 8 heteroatoms. The van der Waals surface area contributed by atoms with Crippen LogP contribution in [0.2, 0.25) is 0 Å². The summed E-state index contributed by atoms with van der Waals surface area (Å²) in [5.74, 6) is 0. The summed E-state index contributed by atoms with van der Waals surface area (Å²) in [4.78, 5) is 16.0. The van der Waals surface area contributed by atoms with Gasteiger partial charge in [0.15, 0.2) is 4.99 Å². The zero-order chi connectivity index (χ0) is 18.4. The SMILES string of the molecule is CC(=CCCCC(P(=O)(O)O)S(=O)(=O)O)CCc1ccc(C)cc1. The van der Waals surface area contributed by atoms with E-state index in [2.05, 4.69) is 24.3 Å². The molecule has 1 unspecified atom stereocenters. The smallest absolute Gasteiger partial charge is 0.323 e. The molecule has 0 aliphatic rings. The van der Waals surface area contributed by atoms with Crippen LogP contribution in [-0.4, -0.2) is 27.7 Å². The predicted octanol–water partition coefficient (Wildman–Crippen LogP) is 3.44. The Balaban J connectivity index is 2.45. The Hall–Kier alpha value is -0.980. The summed E-state index contributed by atoms with van der Waals surface area (Å²) in [6.07, 6.45) is 4.21. The van der Waals surface area contributed by atoms with Gasteiger partial charge in [0.25, 0.3) is 10.1 Å². The standard InChI is InChI=1S/C16H25O6PS/c1-13(7-10-15-11-8-14(2)9-12-15)5-3-4-6-16(23(17,18)19)24(20,21)22/h5,8-9,11-12,16H,3-4,6-7,10H2,1-2H3,(H2,17,18,19)(H,20,21,22). The van der Waals surface area contributed by atoms with Crippen LogP contribution in [-0.2, 0) is 21.1 Å². The number of rotatable bonds is 9. The van der Waals surface area contributed by atoms with E-state index in [0.717, 1.165) is 18.4 Å². The van der Waals surface area contributed by atoms with Crippen molar-refractivity contribution in [1.29, 1.82) is 0 Å². The molecule has 6 nitrogen and oxygen atoms in total. The lowest BCUT2D eigenvalue weighted by Crippen LogP contribution is -2.20. The average molecular weight is 376 g/mol. The first-order valence-corrected chi connectivity index (χ1v) is 10.9.